The molecule has 0 radical (unpaired) electrons. The molecule has 2 aliphatic carbocycles. The van der Waals surface area contributed by atoms with E-state index in [0.717, 1.165) is 24.2 Å². The van der Waals surface area contributed by atoms with Crippen LogP contribution in [0.1, 0.15) is 12.8 Å². The normalized spacial score (nSPS) is 11.7. The quantitative estimate of drug-likeness (QED) is 0.538. The average molecular weight is 496 g/mol. The summed E-state index contributed by atoms with van der Waals surface area (Å²) in [7, 11) is 7.59. The van der Waals surface area contributed by atoms with Gasteiger partial charge in [0.2, 0.25) is 0 Å². The predicted molar refractivity (Wildman–Crippen MR) is 128 cm³/mol. The third-order valence-corrected chi connectivity index (χ3v) is 3.90. The zero-order chi connectivity index (χ0) is 22.2. The van der Waals surface area contributed by atoms with Gasteiger partial charge >= 0.3 is 26.2 Å². The van der Waals surface area contributed by atoms with E-state index in [2.05, 4.69) is 24.3 Å². The molecule has 31 heavy (non-hydrogen) atoms. The van der Waals surface area contributed by atoms with Crippen molar-refractivity contribution in [3.63, 3.8) is 0 Å². The second kappa shape index (κ2) is 17.2. The topological polar surface area (TPSA) is 46.9 Å². The number of benzene rings is 2. The molecule has 0 amide bonds. The monoisotopic (exact) mass is 494 g/mol. The third kappa shape index (κ3) is 12.7. The van der Waals surface area contributed by atoms with Crippen LogP contribution in [0.5, 0.6) is 11.5 Å². The maximum absolute atomic E-state index is 9.24. The zero-order valence-electron chi connectivity index (χ0n) is 18.8. The number of hydrogen-bond donors (Lipinski definition) is 2. The first-order chi connectivity index (χ1) is 14.4. The fraction of sp³-hybridized carbons (Fsp3) is 0.231. The molecule has 2 aromatic rings. The molecule has 0 atom stereocenters. The van der Waals surface area contributed by atoms with E-state index >= 15 is 0 Å². The van der Waals surface area contributed by atoms with Crippen molar-refractivity contribution in [1.82, 2.24) is 0 Å². The Labute approximate surface area is 206 Å². The molecule has 0 bridgehead atoms. The van der Waals surface area contributed by atoms with E-state index in [4.69, 9.17) is 0 Å². The van der Waals surface area contributed by atoms with Crippen LogP contribution in [-0.4, -0.2) is 38.4 Å². The number of allylic oxidation sites excluding steroid dienone is 8. The number of rotatable bonds is 2. The van der Waals surface area contributed by atoms with Crippen LogP contribution in [0.15, 0.2) is 85.0 Å². The molecule has 162 valence electrons. The number of anilines is 2. The second-order valence-corrected chi connectivity index (χ2v) is 6.77. The summed E-state index contributed by atoms with van der Waals surface area (Å²) in [6.07, 6.45) is 20.0. The molecule has 2 aliphatic rings. The summed E-state index contributed by atoms with van der Waals surface area (Å²) in [5.41, 5.74) is 1.70. The van der Waals surface area contributed by atoms with Crippen molar-refractivity contribution >= 4 is 11.4 Å². The summed E-state index contributed by atoms with van der Waals surface area (Å²) in [4.78, 5) is 3.74. The van der Waals surface area contributed by atoms with Gasteiger partial charge in [-0.2, -0.15) is 12.2 Å². The van der Waals surface area contributed by atoms with E-state index in [9.17, 15) is 10.2 Å². The maximum atomic E-state index is 9.24. The van der Waals surface area contributed by atoms with Crippen molar-refractivity contribution < 1.29 is 36.4 Å². The molecule has 4 rings (SSSR count). The van der Waals surface area contributed by atoms with Gasteiger partial charge in [-0.05, 0) is 24.3 Å². The molecule has 0 unspecified atom stereocenters. The van der Waals surface area contributed by atoms with Gasteiger partial charge in [0, 0.05) is 28.2 Å². The summed E-state index contributed by atoms with van der Waals surface area (Å²) < 4.78 is 0. The standard InChI is InChI=1S/2C8H11NO.2C5H5.Zr/c2*1-9(2)7-5-3-4-6-8(7)10;2*1-2-4-5-3-1;/h2*3-6,10H,1-2H3;2*1-3H,4H2;/q;;2*-1;+2. The Morgan fingerprint density at radius 2 is 1.00 bits per heavy atom. The molecule has 0 spiro atoms. The van der Waals surface area contributed by atoms with Crippen molar-refractivity contribution in [2.75, 3.05) is 38.0 Å². The Hall–Kier alpha value is -2.52. The number of aromatic hydroxyl groups is 2. The van der Waals surface area contributed by atoms with E-state index in [1.807, 2.05) is 98.7 Å². The molecule has 2 N–H and O–H groups in total. The molecule has 0 heterocycles. The van der Waals surface area contributed by atoms with Crippen LogP contribution in [0.3, 0.4) is 0 Å². The van der Waals surface area contributed by atoms with Gasteiger partial charge in [0.15, 0.2) is 0 Å². The molecule has 0 saturated carbocycles. The minimum Gasteiger partial charge on any atom is -0.506 e. The van der Waals surface area contributed by atoms with E-state index in [-0.39, 0.29) is 26.2 Å². The number of phenolic OH excluding ortho intramolecular Hbond substituents is 2. The van der Waals surface area contributed by atoms with Gasteiger partial charge in [-0.3, -0.25) is 12.2 Å². The maximum Gasteiger partial charge on any atom is 2.00 e. The van der Waals surface area contributed by atoms with Gasteiger partial charge in [0.25, 0.3) is 0 Å². The summed E-state index contributed by atoms with van der Waals surface area (Å²) in [5, 5.41) is 18.5. The average Bonchev–Trinajstić information content (AvgIpc) is 3.47. The Morgan fingerprint density at radius 3 is 1.16 bits per heavy atom. The van der Waals surface area contributed by atoms with Crippen LogP contribution >= 0.6 is 0 Å². The van der Waals surface area contributed by atoms with E-state index < -0.39 is 0 Å². The van der Waals surface area contributed by atoms with Gasteiger partial charge < -0.3 is 20.0 Å². The van der Waals surface area contributed by atoms with Gasteiger partial charge in [0.1, 0.15) is 11.5 Å². The number of nitrogens with zero attached hydrogens (tertiary/aromatic N) is 2. The first-order valence-electron chi connectivity index (χ1n) is 9.77. The largest absolute Gasteiger partial charge is 2.00 e. The summed E-state index contributed by atoms with van der Waals surface area (Å²) >= 11 is 0. The first-order valence-corrected chi connectivity index (χ1v) is 9.77. The number of para-hydroxylation sites is 4. The molecule has 5 heteroatoms. The van der Waals surface area contributed by atoms with Crippen molar-refractivity contribution in [3.8, 4) is 11.5 Å². The summed E-state index contributed by atoms with van der Waals surface area (Å²) in [6.45, 7) is 0. The Morgan fingerprint density at radius 1 is 0.645 bits per heavy atom. The molecule has 0 aliphatic heterocycles. The van der Waals surface area contributed by atoms with Gasteiger partial charge in [-0.25, -0.2) is 24.3 Å². The van der Waals surface area contributed by atoms with E-state index in [1.54, 1.807) is 12.1 Å². The van der Waals surface area contributed by atoms with Crippen molar-refractivity contribution in [3.05, 3.63) is 97.1 Å². The molecular weight excluding hydrogens is 464 g/mol. The SMILES string of the molecule is CN(C)c1ccccc1O.CN(C)c1ccccc1O.[C-]1=CC=CC1.[C-]1=CC=CC1.[Zr+2]. The van der Waals surface area contributed by atoms with Crippen LogP contribution in [0, 0.1) is 12.2 Å². The number of hydrogen-bond acceptors (Lipinski definition) is 4. The second-order valence-electron chi connectivity index (χ2n) is 6.77. The molecular formula is C26H32N2O2Zr. The molecule has 4 nitrogen and oxygen atoms in total. The third-order valence-electron chi connectivity index (χ3n) is 3.90. The Balaban J connectivity index is 0.000000401. The summed E-state index contributed by atoms with van der Waals surface area (Å²) in [5.74, 6) is 0.653. The molecule has 2 aromatic carbocycles. The first kappa shape index (κ1) is 28.5. The Bertz CT molecular complexity index is 764. The minimum atomic E-state index is 0. The van der Waals surface area contributed by atoms with Crippen molar-refractivity contribution in [2.45, 2.75) is 12.8 Å². The zero-order valence-corrected chi connectivity index (χ0v) is 21.2. The van der Waals surface area contributed by atoms with Gasteiger partial charge in [0.05, 0.1) is 11.4 Å². The molecule has 0 saturated heterocycles. The van der Waals surface area contributed by atoms with Crippen LogP contribution in [-0.2, 0) is 26.2 Å². The van der Waals surface area contributed by atoms with Gasteiger partial charge in [-0.15, -0.1) is 12.8 Å². The predicted octanol–water partition coefficient (Wildman–Crippen LogP) is 5.53. The summed E-state index contributed by atoms with van der Waals surface area (Å²) in [6, 6.07) is 14.5. The van der Waals surface area contributed by atoms with Crippen LogP contribution in [0.25, 0.3) is 0 Å². The van der Waals surface area contributed by atoms with Crippen LogP contribution in [0.2, 0.25) is 0 Å². The molecule has 0 aromatic heterocycles. The van der Waals surface area contributed by atoms with E-state index in [1.165, 1.54) is 0 Å². The fourth-order valence-corrected chi connectivity index (χ4v) is 2.37. The Kier molecular flexibility index (Phi) is 15.8. The van der Waals surface area contributed by atoms with Crippen molar-refractivity contribution in [1.29, 1.82) is 0 Å². The smallest absolute Gasteiger partial charge is 0.506 e. The fourth-order valence-electron chi connectivity index (χ4n) is 2.37. The van der Waals surface area contributed by atoms with Crippen molar-refractivity contribution in [2.24, 2.45) is 0 Å². The van der Waals surface area contributed by atoms with Crippen LogP contribution < -0.4 is 9.80 Å². The number of phenols is 2. The van der Waals surface area contributed by atoms with Crippen LogP contribution in [0.4, 0.5) is 11.4 Å². The van der Waals surface area contributed by atoms with Gasteiger partial charge in [-0.1, -0.05) is 24.3 Å². The molecule has 0 fully saturated rings. The minimum absolute atomic E-state index is 0. The van der Waals surface area contributed by atoms with E-state index in [0.29, 0.717) is 11.5 Å².